The maximum Gasteiger partial charge on any atom is 0.174 e. The van der Waals surface area contributed by atoms with Gasteiger partial charge in [-0.15, -0.1) is 0 Å². The summed E-state index contributed by atoms with van der Waals surface area (Å²) in [6.45, 7) is 0. The first kappa shape index (κ1) is 16.3. The van der Waals surface area contributed by atoms with Gasteiger partial charge < -0.3 is 4.42 Å². The van der Waals surface area contributed by atoms with Gasteiger partial charge in [-0.3, -0.25) is 4.57 Å². The van der Waals surface area contributed by atoms with E-state index in [-0.39, 0.29) is 0 Å². The van der Waals surface area contributed by atoms with Crippen molar-refractivity contribution in [2.24, 2.45) is 0 Å². The van der Waals surface area contributed by atoms with E-state index in [1.807, 2.05) is 18.2 Å². The van der Waals surface area contributed by atoms with Gasteiger partial charge in [0.2, 0.25) is 0 Å². The Morgan fingerprint density at radius 2 is 1.70 bits per heavy atom. The summed E-state index contributed by atoms with van der Waals surface area (Å²) >= 11 is 1.80. The molecule has 7 rings (SSSR count). The molecule has 0 unspecified atom stereocenters. The number of imidazole rings is 1. The summed E-state index contributed by atoms with van der Waals surface area (Å²) in [5.74, 6) is 0.942. The highest BCUT2D eigenvalue weighted by Gasteiger charge is 2.22. The predicted molar refractivity (Wildman–Crippen MR) is 123 cm³/mol. The average Bonchev–Trinajstić information content (AvgIpc) is 3.37. The second-order valence-corrected chi connectivity index (χ2v) is 8.57. The molecule has 4 heteroatoms. The molecule has 1 aliphatic rings. The molecule has 0 amide bonds. The zero-order valence-electron chi connectivity index (χ0n) is 16.0. The van der Waals surface area contributed by atoms with Crippen molar-refractivity contribution in [1.29, 1.82) is 0 Å². The Labute approximate surface area is 177 Å². The first-order chi connectivity index (χ1) is 14.9. The fourth-order valence-electron chi connectivity index (χ4n) is 4.55. The fourth-order valence-corrected chi connectivity index (χ4v) is 5.57. The molecular formula is C26H16N2OS. The molecule has 30 heavy (non-hydrogen) atoms. The van der Waals surface area contributed by atoms with Gasteiger partial charge >= 0.3 is 0 Å². The third-order valence-electron chi connectivity index (χ3n) is 5.93. The standard InChI is InChI=1S/C26H16N2OS/c1-4-10-23-19(6-1)25-18(7-5-11-24(25)29-23)16-12-13-17-15-30-26-27-20-8-2-3-9-21(20)28(26)22(17)14-16/h1-14H,15H2. The Morgan fingerprint density at radius 1 is 0.833 bits per heavy atom. The smallest absolute Gasteiger partial charge is 0.174 e. The van der Waals surface area contributed by atoms with E-state index in [2.05, 4.69) is 71.3 Å². The van der Waals surface area contributed by atoms with Gasteiger partial charge in [-0.1, -0.05) is 66.4 Å². The molecule has 0 saturated carbocycles. The van der Waals surface area contributed by atoms with Crippen LogP contribution in [0.1, 0.15) is 5.56 Å². The third kappa shape index (κ3) is 2.20. The minimum absolute atomic E-state index is 0.927. The van der Waals surface area contributed by atoms with Crippen molar-refractivity contribution >= 4 is 44.7 Å². The van der Waals surface area contributed by atoms with Gasteiger partial charge in [0, 0.05) is 16.5 Å². The summed E-state index contributed by atoms with van der Waals surface area (Å²) in [4.78, 5) is 4.85. The monoisotopic (exact) mass is 404 g/mol. The van der Waals surface area contributed by atoms with E-state index in [4.69, 9.17) is 9.40 Å². The number of rotatable bonds is 1. The van der Waals surface area contributed by atoms with Crippen LogP contribution in [0.25, 0.3) is 49.8 Å². The number of nitrogens with zero attached hydrogens (tertiary/aromatic N) is 2. The maximum atomic E-state index is 6.11. The number of hydrogen-bond acceptors (Lipinski definition) is 3. The molecule has 3 nitrogen and oxygen atoms in total. The average molecular weight is 404 g/mol. The zero-order chi connectivity index (χ0) is 19.7. The summed E-state index contributed by atoms with van der Waals surface area (Å²) in [6, 6.07) is 29.8. The van der Waals surface area contributed by atoms with Crippen LogP contribution < -0.4 is 0 Å². The number of benzene rings is 4. The third-order valence-corrected chi connectivity index (χ3v) is 6.91. The van der Waals surface area contributed by atoms with Crippen molar-refractivity contribution < 1.29 is 4.42 Å². The molecule has 0 fully saturated rings. The second kappa shape index (κ2) is 6.00. The molecule has 0 saturated heterocycles. The lowest BCUT2D eigenvalue weighted by Gasteiger charge is -2.20. The molecule has 0 N–H and O–H groups in total. The number of para-hydroxylation sites is 3. The second-order valence-electron chi connectivity index (χ2n) is 7.63. The minimum Gasteiger partial charge on any atom is -0.456 e. The van der Waals surface area contributed by atoms with E-state index >= 15 is 0 Å². The van der Waals surface area contributed by atoms with Gasteiger partial charge in [-0.2, -0.15) is 0 Å². The van der Waals surface area contributed by atoms with Gasteiger partial charge in [0.15, 0.2) is 5.16 Å². The van der Waals surface area contributed by atoms with Crippen molar-refractivity contribution in [3.8, 4) is 16.8 Å². The van der Waals surface area contributed by atoms with Crippen LogP contribution in [0.2, 0.25) is 0 Å². The Bertz CT molecular complexity index is 1610. The van der Waals surface area contributed by atoms with Gasteiger partial charge in [-0.25, -0.2) is 4.98 Å². The van der Waals surface area contributed by atoms with Gasteiger partial charge in [0.25, 0.3) is 0 Å². The lowest BCUT2D eigenvalue weighted by molar-refractivity contribution is 0.669. The van der Waals surface area contributed by atoms with Crippen molar-refractivity contribution in [1.82, 2.24) is 9.55 Å². The highest BCUT2D eigenvalue weighted by atomic mass is 32.2. The molecule has 2 aromatic heterocycles. The SMILES string of the molecule is c1ccc2c(c1)nc1n2-c2cc(-c3cccc4oc5ccccc5c34)ccc2CS1. The number of furan rings is 1. The van der Waals surface area contributed by atoms with Crippen molar-refractivity contribution in [3.05, 3.63) is 90.5 Å². The molecule has 1 aliphatic heterocycles. The number of aromatic nitrogens is 2. The summed E-state index contributed by atoms with van der Waals surface area (Å²) in [7, 11) is 0. The van der Waals surface area contributed by atoms with Crippen LogP contribution in [-0.2, 0) is 5.75 Å². The first-order valence-electron chi connectivity index (χ1n) is 10.0. The molecule has 0 aliphatic carbocycles. The van der Waals surface area contributed by atoms with Crippen molar-refractivity contribution in [3.63, 3.8) is 0 Å². The minimum atomic E-state index is 0.927. The van der Waals surface area contributed by atoms with Crippen LogP contribution in [0, 0.1) is 0 Å². The highest BCUT2D eigenvalue weighted by Crippen LogP contribution is 2.41. The highest BCUT2D eigenvalue weighted by molar-refractivity contribution is 7.98. The van der Waals surface area contributed by atoms with Gasteiger partial charge in [-0.05, 0) is 47.0 Å². The van der Waals surface area contributed by atoms with Gasteiger partial charge in [0.05, 0.1) is 16.7 Å². The van der Waals surface area contributed by atoms with Crippen LogP contribution >= 0.6 is 11.8 Å². The quantitative estimate of drug-likeness (QED) is 0.290. The van der Waals surface area contributed by atoms with Crippen LogP contribution in [0.5, 0.6) is 0 Å². The molecule has 0 bridgehead atoms. The van der Waals surface area contributed by atoms with E-state index in [1.165, 1.54) is 27.8 Å². The Balaban J connectivity index is 1.52. The van der Waals surface area contributed by atoms with E-state index < -0.39 is 0 Å². The Morgan fingerprint density at radius 3 is 2.70 bits per heavy atom. The number of fused-ring (bicyclic) bond motifs is 8. The molecule has 142 valence electrons. The van der Waals surface area contributed by atoms with Crippen LogP contribution in [-0.4, -0.2) is 9.55 Å². The maximum absolute atomic E-state index is 6.11. The molecule has 0 radical (unpaired) electrons. The fraction of sp³-hybridized carbons (Fsp3) is 0.0385. The normalized spacial score (nSPS) is 13.1. The van der Waals surface area contributed by atoms with E-state index in [0.717, 1.165) is 38.5 Å². The molecule has 6 aromatic rings. The van der Waals surface area contributed by atoms with E-state index in [1.54, 1.807) is 11.8 Å². The molecular weight excluding hydrogens is 388 g/mol. The summed E-state index contributed by atoms with van der Waals surface area (Å²) < 4.78 is 8.41. The molecule has 4 aromatic carbocycles. The molecule has 0 spiro atoms. The van der Waals surface area contributed by atoms with Crippen LogP contribution in [0.15, 0.2) is 94.5 Å². The first-order valence-corrected chi connectivity index (χ1v) is 11.0. The lowest BCUT2D eigenvalue weighted by Crippen LogP contribution is -2.06. The molecule has 3 heterocycles. The van der Waals surface area contributed by atoms with E-state index in [0.29, 0.717) is 0 Å². The van der Waals surface area contributed by atoms with Gasteiger partial charge in [0.1, 0.15) is 11.2 Å². The number of thioether (sulfide) groups is 1. The lowest BCUT2D eigenvalue weighted by atomic mass is 9.97. The Hall–Kier alpha value is -3.50. The largest absolute Gasteiger partial charge is 0.456 e. The van der Waals surface area contributed by atoms with Crippen molar-refractivity contribution in [2.45, 2.75) is 10.9 Å². The Kier molecular flexibility index (Phi) is 3.26. The number of hydrogen-bond donors (Lipinski definition) is 0. The zero-order valence-corrected chi connectivity index (χ0v) is 16.8. The topological polar surface area (TPSA) is 31.0 Å². The summed E-state index contributed by atoms with van der Waals surface area (Å²) in [6.07, 6.45) is 0. The molecule has 0 atom stereocenters. The predicted octanol–water partition coefficient (Wildman–Crippen LogP) is 7.20. The van der Waals surface area contributed by atoms with Crippen LogP contribution in [0.3, 0.4) is 0 Å². The van der Waals surface area contributed by atoms with Crippen LogP contribution in [0.4, 0.5) is 0 Å². The van der Waals surface area contributed by atoms with E-state index in [9.17, 15) is 0 Å². The van der Waals surface area contributed by atoms with Crippen molar-refractivity contribution in [2.75, 3.05) is 0 Å². The summed E-state index contributed by atoms with van der Waals surface area (Å²) in [5, 5.41) is 3.40. The summed E-state index contributed by atoms with van der Waals surface area (Å²) in [5.41, 5.74) is 9.01.